The lowest BCUT2D eigenvalue weighted by molar-refractivity contribution is -0.116. The van der Waals surface area contributed by atoms with Gasteiger partial charge in [-0.05, 0) is 77.9 Å². The van der Waals surface area contributed by atoms with E-state index in [1.165, 1.54) is 30.0 Å². The molecule has 0 saturated heterocycles. The van der Waals surface area contributed by atoms with Crippen LogP contribution in [0.25, 0.3) is 6.08 Å². The van der Waals surface area contributed by atoms with Crippen molar-refractivity contribution in [3.8, 4) is 0 Å². The Hall–Kier alpha value is -4.41. The van der Waals surface area contributed by atoms with Gasteiger partial charge in [-0.15, -0.1) is 11.8 Å². The standard InChI is InChI=1S/C36H25BrCl2FN3O3S/c37-25-14-19-30(29(40)21-25)42-36(46)33(22-8-3-1-4-9-22)47-27-17-15-26(16-18-27)41-35(45)31(20-24-12-7-13-28(38)32(24)39)43-34(44)23-10-5-2-6-11-23/h1-21,33H,(H,41,45)(H,42,46)(H,43,44)/b31-20-. The summed E-state index contributed by atoms with van der Waals surface area (Å²) in [7, 11) is 0. The molecular formula is C36H25BrCl2FN3O3S. The van der Waals surface area contributed by atoms with Gasteiger partial charge < -0.3 is 16.0 Å². The minimum atomic E-state index is -0.704. The second kappa shape index (κ2) is 15.9. The van der Waals surface area contributed by atoms with Crippen LogP contribution in [0.2, 0.25) is 10.0 Å². The number of hydrogen-bond donors (Lipinski definition) is 3. The molecule has 3 N–H and O–H groups in total. The van der Waals surface area contributed by atoms with Gasteiger partial charge in [-0.2, -0.15) is 0 Å². The quantitative estimate of drug-likeness (QED) is 0.0981. The first kappa shape index (κ1) is 33.9. The molecule has 236 valence electrons. The zero-order chi connectivity index (χ0) is 33.3. The molecule has 0 aromatic heterocycles. The van der Waals surface area contributed by atoms with E-state index in [0.717, 1.165) is 10.5 Å². The fraction of sp³-hybridized carbons (Fsp3) is 0.0278. The molecular weight excluding hydrogens is 724 g/mol. The molecule has 1 unspecified atom stereocenters. The van der Waals surface area contributed by atoms with E-state index in [9.17, 15) is 18.8 Å². The normalized spacial score (nSPS) is 11.8. The monoisotopic (exact) mass is 747 g/mol. The predicted molar refractivity (Wildman–Crippen MR) is 191 cm³/mol. The van der Waals surface area contributed by atoms with E-state index < -0.39 is 28.8 Å². The van der Waals surface area contributed by atoms with Crippen molar-refractivity contribution in [3.63, 3.8) is 0 Å². The fourth-order valence-electron chi connectivity index (χ4n) is 4.37. The number of rotatable bonds is 10. The minimum absolute atomic E-state index is 0.0533. The van der Waals surface area contributed by atoms with Crippen LogP contribution in [0.3, 0.4) is 0 Å². The highest BCUT2D eigenvalue weighted by Crippen LogP contribution is 2.37. The molecule has 0 aliphatic heterocycles. The molecule has 0 bridgehead atoms. The predicted octanol–water partition coefficient (Wildman–Crippen LogP) is 9.78. The number of nitrogens with one attached hydrogen (secondary N) is 3. The van der Waals surface area contributed by atoms with E-state index >= 15 is 0 Å². The number of anilines is 2. The van der Waals surface area contributed by atoms with Gasteiger partial charge in [0.15, 0.2) is 0 Å². The summed E-state index contributed by atoms with van der Waals surface area (Å²) < 4.78 is 15.1. The molecule has 0 saturated carbocycles. The molecule has 47 heavy (non-hydrogen) atoms. The molecule has 3 amide bonds. The zero-order valence-corrected chi connectivity index (χ0v) is 28.3. The third kappa shape index (κ3) is 9.11. The lowest BCUT2D eigenvalue weighted by Gasteiger charge is -2.18. The Bertz CT molecular complexity index is 1950. The Labute approximate surface area is 293 Å². The summed E-state index contributed by atoms with van der Waals surface area (Å²) in [6, 6.07) is 33.9. The summed E-state index contributed by atoms with van der Waals surface area (Å²) >= 11 is 17.0. The van der Waals surface area contributed by atoms with Gasteiger partial charge in [0.25, 0.3) is 11.8 Å². The van der Waals surface area contributed by atoms with Gasteiger partial charge in [-0.1, -0.05) is 99.8 Å². The lowest BCUT2D eigenvalue weighted by atomic mass is 10.1. The molecule has 5 aromatic rings. The van der Waals surface area contributed by atoms with E-state index in [1.54, 1.807) is 78.9 Å². The van der Waals surface area contributed by atoms with Gasteiger partial charge in [-0.25, -0.2) is 4.39 Å². The number of carbonyl (C=O) groups excluding carboxylic acids is 3. The number of amides is 3. The first-order valence-electron chi connectivity index (χ1n) is 14.1. The van der Waals surface area contributed by atoms with Gasteiger partial charge in [0.05, 0.1) is 15.7 Å². The Kier molecular flexibility index (Phi) is 11.5. The van der Waals surface area contributed by atoms with E-state index in [-0.39, 0.29) is 16.4 Å². The SMILES string of the molecule is O=C(Nc1ccc(SC(C(=O)Nc2ccc(Br)cc2F)c2ccccc2)cc1)/C(=C/c1cccc(Cl)c1Cl)NC(=O)c1ccccc1. The summed E-state index contributed by atoms with van der Waals surface area (Å²) in [6.07, 6.45) is 1.45. The van der Waals surface area contributed by atoms with Gasteiger partial charge in [-0.3, -0.25) is 14.4 Å². The van der Waals surface area contributed by atoms with E-state index in [1.807, 2.05) is 30.3 Å². The van der Waals surface area contributed by atoms with Gasteiger partial charge in [0.1, 0.15) is 16.8 Å². The first-order chi connectivity index (χ1) is 22.7. The van der Waals surface area contributed by atoms with Crippen molar-refractivity contribution in [1.82, 2.24) is 5.32 Å². The Morgan fingerprint density at radius 2 is 1.47 bits per heavy atom. The minimum Gasteiger partial charge on any atom is -0.322 e. The average molecular weight is 749 g/mol. The molecule has 6 nitrogen and oxygen atoms in total. The average Bonchev–Trinajstić information content (AvgIpc) is 3.08. The van der Waals surface area contributed by atoms with Crippen molar-refractivity contribution in [1.29, 1.82) is 0 Å². The van der Waals surface area contributed by atoms with Crippen molar-refractivity contribution in [2.75, 3.05) is 10.6 Å². The maximum Gasteiger partial charge on any atom is 0.272 e. The summed E-state index contributed by atoms with van der Waals surface area (Å²) in [5.74, 6) is -2.03. The van der Waals surface area contributed by atoms with Crippen LogP contribution in [0, 0.1) is 5.82 Å². The molecule has 0 fully saturated rings. The van der Waals surface area contributed by atoms with Crippen LogP contribution in [-0.4, -0.2) is 17.7 Å². The number of thioether (sulfide) groups is 1. The third-order valence-corrected chi connectivity index (χ3v) is 9.30. The highest BCUT2D eigenvalue weighted by Gasteiger charge is 2.23. The topological polar surface area (TPSA) is 87.3 Å². The second-order valence-electron chi connectivity index (χ2n) is 10.0. The van der Waals surface area contributed by atoms with Crippen LogP contribution in [0.15, 0.2) is 136 Å². The van der Waals surface area contributed by atoms with Crippen molar-refractivity contribution in [2.45, 2.75) is 10.1 Å². The fourth-order valence-corrected chi connectivity index (χ4v) is 6.09. The number of hydrogen-bond acceptors (Lipinski definition) is 4. The summed E-state index contributed by atoms with van der Waals surface area (Å²) in [6.45, 7) is 0. The molecule has 1 atom stereocenters. The summed E-state index contributed by atoms with van der Waals surface area (Å²) in [4.78, 5) is 40.6. The Morgan fingerprint density at radius 1 is 0.787 bits per heavy atom. The zero-order valence-electron chi connectivity index (χ0n) is 24.3. The third-order valence-electron chi connectivity index (χ3n) is 6.71. The number of carbonyl (C=O) groups is 3. The van der Waals surface area contributed by atoms with Crippen molar-refractivity contribution >= 4 is 86.1 Å². The van der Waals surface area contributed by atoms with Crippen LogP contribution in [0.5, 0.6) is 0 Å². The highest BCUT2D eigenvalue weighted by molar-refractivity contribution is 9.10. The van der Waals surface area contributed by atoms with E-state index in [0.29, 0.717) is 26.3 Å². The molecule has 0 heterocycles. The largest absolute Gasteiger partial charge is 0.322 e. The molecule has 11 heteroatoms. The molecule has 5 aromatic carbocycles. The van der Waals surface area contributed by atoms with E-state index in [2.05, 4.69) is 31.9 Å². The maximum atomic E-state index is 14.5. The van der Waals surface area contributed by atoms with Gasteiger partial charge >= 0.3 is 0 Å². The van der Waals surface area contributed by atoms with Crippen LogP contribution in [0.4, 0.5) is 15.8 Å². The molecule has 5 rings (SSSR count). The highest BCUT2D eigenvalue weighted by atomic mass is 79.9. The maximum absolute atomic E-state index is 14.5. The van der Waals surface area contributed by atoms with Crippen molar-refractivity contribution in [3.05, 3.63) is 164 Å². The second-order valence-corrected chi connectivity index (χ2v) is 12.9. The number of halogens is 4. The van der Waals surface area contributed by atoms with Crippen LogP contribution in [-0.2, 0) is 9.59 Å². The van der Waals surface area contributed by atoms with Crippen LogP contribution < -0.4 is 16.0 Å². The van der Waals surface area contributed by atoms with E-state index in [4.69, 9.17) is 23.2 Å². The Morgan fingerprint density at radius 3 is 2.15 bits per heavy atom. The molecule has 0 radical (unpaired) electrons. The lowest BCUT2D eigenvalue weighted by Crippen LogP contribution is -2.30. The van der Waals surface area contributed by atoms with Crippen molar-refractivity contribution < 1.29 is 18.8 Å². The van der Waals surface area contributed by atoms with Crippen molar-refractivity contribution in [2.24, 2.45) is 0 Å². The summed E-state index contributed by atoms with van der Waals surface area (Å²) in [5.41, 5.74) is 1.99. The van der Waals surface area contributed by atoms with Gasteiger partial charge in [0, 0.05) is 20.6 Å². The molecule has 0 aliphatic carbocycles. The molecule has 0 spiro atoms. The molecule has 0 aliphatic rings. The Balaban J connectivity index is 1.35. The first-order valence-corrected chi connectivity index (χ1v) is 16.5. The van der Waals surface area contributed by atoms with Gasteiger partial charge in [0.2, 0.25) is 5.91 Å². The van der Waals surface area contributed by atoms with Crippen LogP contribution >= 0.6 is 50.9 Å². The van der Waals surface area contributed by atoms with Crippen LogP contribution in [0.1, 0.15) is 26.7 Å². The summed E-state index contributed by atoms with van der Waals surface area (Å²) in [5, 5.41) is 7.99. The smallest absolute Gasteiger partial charge is 0.272 e. The number of benzene rings is 5.